The molecule has 1 atom stereocenters. The zero-order valence-corrected chi connectivity index (χ0v) is 26.6. The van der Waals surface area contributed by atoms with Crippen molar-refractivity contribution in [2.45, 2.75) is 30.8 Å². The third-order valence-electron chi connectivity index (χ3n) is 6.93. The predicted octanol–water partition coefficient (Wildman–Crippen LogP) is 5.97. The van der Waals surface area contributed by atoms with Crippen LogP contribution in [0.2, 0.25) is 10.0 Å². The van der Waals surface area contributed by atoms with Gasteiger partial charge in [0.05, 0.1) is 17.7 Å². The molecule has 0 spiro atoms. The van der Waals surface area contributed by atoms with Crippen LogP contribution in [0.1, 0.15) is 18.1 Å². The van der Waals surface area contributed by atoms with Crippen LogP contribution in [0.4, 0.5) is 5.69 Å². The SMILES string of the molecule is CCNC(=O)C(Cc1ccccc1)N(Cc1ccc(Cl)cc1)C(=O)CN(c1ccc(Cl)cc1)S(=O)(=O)c1ccc(OC)cc1. The number of carbonyl (C=O) groups excluding carboxylic acids is 2. The monoisotopic (exact) mass is 653 g/mol. The van der Waals surface area contributed by atoms with Crippen molar-refractivity contribution in [1.29, 1.82) is 0 Å². The van der Waals surface area contributed by atoms with Crippen LogP contribution in [-0.4, -0.2) is 51.4 Å². The Kier molecular flexibility index (Phi) is 11.3. The number of nitrogens with zero attached hydrogens (tertiary/aromatic N) is 2. The van der Waals surface area contributed by atoms with Gasteiger partial charge in [0.1, 0.15) is 18.3 Å². The molecule has 1 N–H and O–H groups in total. The number of methoxy groups -OCH3 is 1. The van der Waals surface area contributed by atoms with Gasteiger partial charge in [0.15, 0.2) is 0 Å². The zero-order valence-electron chi connectivity index (χ0n) is 24.3. The number of amides is 2. The van der Waals surface area contributed by atoms with E-state index in [9.17, 15) is 18.0 Å². The fourth-order valence-electron chi connectivity index (χ4n) is 4.64. The van der Waals surface area contributed by atoms with Crippen molar-refractivity contribution in [2.24, 2.45) is 0 Å². The Balaban J connectivity index is 1.78. The third-order valence-corrected chi connectivity index (χ3v) is 9.22. The number of nitrogens with one attached hydrogen (secondary N) is 1. The molecule has 230 valence electrons. The van der Waals surface area contributed by atoms with Gasteiger partial charge in [0.25, 0.3) is 10.0 Å². The number of sulfonamides is 1. The maximum atomic E-state index is 14.4. The highest BCUT2D eigenvalue weighted by atomic mass is 35.5. The summed E-state index contributed by atoms with van der Waals surface area (Å²) in [5.41, 5.74) is 1.81. The van der Waals surface area contributed by atoms with Crippen LogP contribution in [0.25, 0.3) is 0 Å². The van der Waals surface area contributed by atoms with E-state index in [4.69, 9.17) is 27.9 Å². The van der Waals surface area contributed by atoms with Gasteiger partial charge in [0.2, 0.25) is 11.8 Å². The summed E-state index contributed by atoms with van der Waals surface area (Å²) in [5.74, 6) is -0.438. The van der Waals surface area contributed by atoms with Gasteiger partial charge in [-0.05, 0) is 78.7 Å². The number of halogens is 2. The lowest BCUT2D eigenvalue weighted by molar-refractivity contribution is -0.140. The van der Waals surface area contributed by atoms with Crippen LogP contribution >= 0.6 is 23.2 Å². The first-order chi connectivity index (χ1) is 21.1. The van der Waals surface area contributed by atoms with Gasteiger partial charge in [-0.3, -0.25) is 13.9 Å². The highest BCUT2D eigenvalue weighted by molar-refractivity contribution is 7.92. The first kappa shape index (κ1) is 32.9. The Morgan fingerprint density at radius 3 is 1.98 bits per heavy atom. The Labute approximate surface area is 268 Å². The molecule has 0 bridgehead atoms. The molecule has 8 nitrogen and oxygen atoms in total. The lowest BCUT2D eigenvalue weighted by Crippen LogP contribution is -2.53. The molecule has 1 unspecified atom stereocenters. The quantitative estimate of drug-likeness (QED) is 0.192. The number of anilines is 1. The van der Waals surface area contributed by atoms with E-state index in [1.165, 1.54) is 48.4 Å². The number of rotatable bonds is 13. The van der Waals surface area contributed by atoms with Crippen LogP contribution in [0, 0.1) is 0 Å². The first-order valence-electron chi connectivity index (χ1n) is 13.9. The molecular formula is C33H33Cl2N3O5S. The molecule has 0 saturated carbocycles. The smallest absolute Gasteiger partial charge is 0.264 e. The maximum Gasteiger partial charge on any atom is 0.264 e. The van der Waals surface area contributed by atoms with Gasteiger partial charge < -0.3 is 15.0 Å². The highest BCUT2D eigenvalue weighted by Crippen LogP contribution is 2.27. The summed E-state index contributed by atoms with van der Waals surface area (Å²) in [7, 11) is -2.76. The predicted molar refractivity (Wildman–Crippen MR) is 174 cm³/mol. The molecular weight excluding hydrogens is 621 g/mol. The summed E-state index contributed by atoms with van der Waals surface area (Å²) >= 11 is 12.2. The second-order valence-electron chi connectivity index (χ2n) is 9.91. The van der Waals surface area contributed by atoms with Gasteiger partial charge in [-0.15, -0.1) is 0 Å². The average Bonchev–Trinajstić information content (AvgIpc) is 3.03. The topological polar surface area (TPSA) is 96.0 Å². The van der Waals surface area contributed by atoms with Crippen molar-refractivity contribution in [3.63, 3.8) is 0 Å². The zero-order chi connectivity index (χ0) is 31.7. The molecule has 0 aromatic heterocycles. The molecule has 2 amide bonds. The van der Waals surface area contributed by atoms with E-state index in [1.807, 2.05) is 30.3 Å². The fourth-order valence-corrected chi connectivity index (χ4v) is 6.31. The van der Waals surface area contributed by atoms with Gasteiger partial charge in [-0.1, -0.05) is 65.7 Å². The molecule has 0 radical (unpaired) electrons. The molecule has 0 saturated heterocycles. The van der Waals surface area contributed by atoms with Crippen molar-refractivity contribution < 1.29 is 22.7 Å². The van der Waals surface area contributed by atoms with Crippen LogP contribution in [0.5, 0.6) is 5.75 Å². The number of benzene rings is 4. The van der Waals surface area contributed by atoms with Crippen molar-refractivity contribution in [3.8, 4) is 5.75 Å². The maximum absolute atomic E-state index is 14.4. The normalized spacial score (nSPS) is 11.8. The van der Waals surface area contributed by atoms with E-state index < -0.39 is 28.5 Å². The van der Waals surface area contributed by atoms with Gasteiger partial charge in [0, 0.05) is 29.6 Å². The summed E-state index contributed by atoms with van der Waals surface area (Å²) in [6.07, 6.45) is 0.220. The van der Waals surface area contributed by atoms with E-state index in [1.54, 1.807) is 43.3 Å². The minimum atomic E-state index is -4.24. The van der Waals surface area contributed by atoms with Crippen LogP contribution in [-0.2, 0) is 32.6 Å². The summed E-state index contributed by atoms with van der Waals surface area (Å²) < 4.78 is 34.3. The van der Waals surface area contributed by atoms with Crippen molar-refractivity contribution >= 4 is 50.7 Å². The molecule has 0 aliphatic carbocycles. The summed E-state index contributed by atoms with van der Waals surface area (Å²) in [4.78, 5) is 29.3. The molecule has 11 heteroatoms. The molecule has 44 heavy (non-hydrogen) atoms. The van der Waals surface area contributed by atoms with Crippen molar-refractivity contribution in [3.05, 3.63) is 124 Å². The van der Waals surface area contributed by atoms with Gasteiger partial charge in [-0.25, -0.2) is 8.42 Å². The second kappa shape index (κ2) is 15.1. The minimum Gasteiger partial charge on any atom is -0.497 e. The van der Waals surface area contributed by atoms with Crippen molar-refractivity contribution in [2.75, 3.05) is 24.5 Å². The Morgan fingerprint density at radius 1 is 0.818 bits per heavy atom. The fraction of sp³-hybridized carbons (Fsp3) is 0.212. The Morgan fingerprint density at radius 2 is 1.41 bits per heavy atom. The standard InChI is InChI=1S/C33H33Cl2N3O5S/c1-3-36-33(40)31(21-24-7-5-4-6-8-24)37(22-25-9-11-26(34)12-10-25)32(39)23-38(28-15-13-27(35)14-16-28)44(41,42)30-19-17-29(43-2)18-20-30/h4-20,31H,3,21-23H2,1-2H3,(H,36,40). The molecule has 0 heterocycles. The highest BCUT2D eigenvalue weighted by Gasteiger charge is 2.34. The van der Waals surface area contributed by atoms with E-state index in [0.29, 0.717) is 22.3 Å². The van der Waals surface area contributed by atoms with Crippen molar-refractivity contribution in [1.82, 2.24) is 10.2 Å². The van der Waals surface area contributed by atoms with Crippen LogP contribution in [0.15, 0.2) is 108 Å². The number of ether oxygens (including phenoxy) is 1. The first-order valence-corrected chi connectivity index (χ1v) is 16.1. The number of hydrogen-bond acceptors (Lipinski definition) is 5. The van der Waals surface area contributed by atoms with E-state index >= 15 is 0 Å². The van der Waals surface area contributed by atoms with Gasteiger partial charge in [-0.2, -0.15) is 0 Å². The van der Waals surface area contributed by atoms with E-state index in [-0.39, 0.29) is 29.5 Å². The third kappa shape index (κ3) is 8.31. The molecule has 4 aromatic rings. The summed E-state index contributed by atoms with van der Waals surface area (Å²) in [6.45, 7) is 1.62. The average molecular weight is 655 g/mol. The van der Waals surface area contributed by atoms with Gasteiger partial charge >= 0.3 is 0 Å². The number of hydrogen-bond donors (Lipinski definition) is 1. The lowest BCUT2D eigenvalue weighted by Gasteiger charge is -2.33. The van der Waals surface area contributed by atoms with Crippen LogP contribution < -0.4 is 14.4 Å². The van der Waals surface area contributed by atoms with E-state index in [0.717, 1.165) is 15.4 Å². The number of carbonyl (C=O) groups is 2. The van der Waals surface area contributed by atoms with Crippen LogP contribution in [0.3, 0.4) is 0 Å². The lowest BCUT2D eigenvalue weighted by atomic mass is 10.0. The summed E-state index contributed by atoms with van der Waals surface area (Å²) in [6, 6.07) is 27.4. The molecule has 0 aliphatic heterocycles. The second-order valence-corrected chi connectivity index (χ2v) is 12.6. The minimum absolute atomic E-state index is 0.0325. The molecule has 4 aromatic carbocycles. The molecule has 4 rings (SSSR count). The number of likely N-dealkylation sites (N-methyl/N-ethyl adjacent to an activating group) is 1. The Bertz CT molecular complexity index is 1650. The summed E-state index contributed by atoms with van der Waals surface area (Å²) in [5, 5.41) is 3.77. The van der Waals surface area contributed by atoms with E-state index in [2.05, 4.69) is 5.32 Å². The molecule has 0 fully saturated rings. The largest absolute Gasteiger partial charge is 0.497 e. The Hall–Kier alpha value is -4.05. The molecule has 0 aliphatic rings.